The van der Waals surface area contributed by atoms with Gasteiger partial charge < -0.3 is 9.30 Å². The smallest absolute Gasteiger partial charge is 0.130 e. The first kappa shape index (κ1) is 11.2. The van der Waals surface area contributed by atoms with Gasteiger partial charge in [0.1, 0.15) is 12.4 Å². The number of aromatic nitrogens is 2. The zero-order valence-corrected chi connectivity index (χ0v) is 10.6. The van der Waals surface area contributed by atoms with E-state index >= 15 is 0 Å². The number of nitrogens with zero attached hydrogens (tertiary/aromatic N) is 2. The van der Waals surface area contributed by atoms with Crippen LogP contribution >= 0.6 is 15.9 Å². The van der Waals surface area contributed by atoms with Crippen LogP contribution in [-0.2, 0) is 13.2 Å². The summed E-state index contributed by atoms with van der Waals surface area (Å²) < 4.78 is 8.79. The van der Waals surface area contributed by atoms with E-state index in [0.29, 0.717) is 6.61 Å². The standard InChI is InChI=1S/C12H13BrN2O/c1-2-15-9-14-7-11(15)8-16-12-5-3-10(13)4-6-12/h3-7,9H,2,8H2,1H3. The van der Waals surface area contributed by atoms with E-state index in [4.69, 9.17) is 4.74 Å². The van der Waals surface area contributed by atoms with Crippen molar-refractivity contribution >= 4 is 15.9 Å². The Kier molecular flexibility index (Phi) is 3.62. The molecule has 0 bridgehead atoms. The molecule has 2 rings (SSSR count). The van der Waals surface area contributed by atoms with Gasteiger partial charge in [-0.25, -0.2) is 4.98 Å². The molecule has 84 valence electrons. The predicted molar refractivity (Wildman–Crippen MR) is 66.4 cm³/mol. The normalized spacial score (nSPS) is 10.4. The fourth-order valence-electron chi connectivity index (χ4n) is 1.44. The minimum absolute atomic E-state index is 0.551. The zero-order chi connectivity index (χ0) is 11.4. The van der Waals surface area contributed by atoms with E-state index in [0.717, 1.165) is 22.5 Å². The number of benzene rings is 1. The number of rotatable bonds is 4. The number of halogens is 1. The van der Waals surface area contributed by atoms with Gasteiger partial charge in [0.05, 0.1) is 18.2 Å². The maximum atomic E-state index is 5.67. The first-order chi connectivity index (χ1) is 7.79. The van der Waals surface area contributed by atoms with Crippen molar-refractivity contribution in [3.05, 3.63) is 47.0 Å². The van der Waals surface area contributed by atoms with E-state index in [9.17, 15) is 0 Å². The largest absolute Gasteiger partial charge is 0.487 e. The second kappa shape index (κ2) is 5.16. The average molecular weight is 281 g/mol. The van der Waals surface area contributed by atoms with E-state index in [1.54, 1.807) is 0 Å². The molecular formula is C12H13BrN2O. The molecule has 0 atom stereocenters. The average Bonchev–Trinajstić information content (AvgIpc) is 2.76. The Labute approximate surface area is 103 Å². The summed E-state index contributed by atoms with van der Waals surface area (Å²) in [6.45, 7) is 3.55. The van der Waals surface area contributed by atoms with Gasteiger partial charge in [0.25, 0.3) is 0 Å². The van der Waals surface area contributed by atoms with Crippen LogP contribution in [0.15, 0.2) is 41.3 Å². The third-order valence-electron chi connectivity index (χ3n) is 2.34. The van der Waals surface area contributed by atoms with Crippen LogP contribution in [0.2, 0.25) is 0 Å². The first-order valence-electron chi connectivity index (χ1n) is 5.17. The number of ether oxygens (including phenoxy) is 1. The maximum Gasteiger partial charge on any atom is 0.130 e. The van der Waals surface area contributed by atoms with Gasteiger partial charge in [0, 0.05) is 11.0 Å². The summed E-state index contributed by atoms with van der Waals surface area (Å²) >= 11 is 3.39. The summed E-state index contributed by atoms with van der Waals surface area (Å²) in [4.78, 5) is 4.09. The van der Waals surface area contributed by atoms with Crippen molar-refractivity contribution < 1.29 is 4.74 Å². The zero-order valence-electron chi connectivity index (χ0n) is 9.06. The topological polar surface area (TPSA) is 27.1 Å². The molecule has 1 aromatic carbocycles. The van der Waals surface area contributed by atoms with Crippen LogP contribution in [0.4, 0.5) is 0 Å². The van der Waals surface area contributed by atoms with Gasteiger partial charge in [-0.2, -0.15) is 0 Å². The molecule has 0 aliphatic rings. The van der Waals surface area contributed by atoms with Crippen molar-refractivity contribution in [3.8, 4) is 5.75 Å². The minimum Gasteiger partial charge on any atom is -0.487 e. The molecule has 0 unspecified atom stereocenters. The number of imidazole rings is 1. The van der Waals surface area contributed by atoms with E-state index in [1.807, 2.05) is 36.8 Å². The highest BCUT2D eigenvalue weighted by atomic mass is 79.9. The molecule has 2 aromatic rings. The summed E-state index contributed by atoms with van der Waals surface area (Å²) in [6, 6.07) is 7.81. The molecule has 0 fully saturated rings. The van der Waals surface area contributed by atoms with Gasteiger partial charge in [-0.05, 0) is 31.2 Å². The Morgan fingerprint density at radius 3 is 2.75 bits per heavy atom. The van der Waals surface area contributed by atoms with Gasteiger partial charge >= 0.3 is 0 Å². The second-order valence-electron chi connectivity index (χ2n) is 3.41. The molecule has 0 saturated heterocycles. The summed E-state index contributed by atoms with van der Waals surface area (Å²) in [5.74, 6) is 0.868. The van der Waals surface area contributed by atoms with Crippen molar-refractivity contribution in [1.29, 1.82) is 0 Å². The molecule has 0 aliphatic carbocycles. The fraction of sp³-hybridized carbons (Fsp3) is 0.250. The van der Waals surface area contributed by atoms with E-state index in [2.05, 4.69) is 32.4 Å². The number of hydrogen-bond donors (Lipinski definition) is 0. The summed E-state index contributed by atoms with van der Waals surface area (Å²) in [7, 11) is 0. The second-order valence-corrected chi connectivity index (χ2v) is 4.33. The van der Waals surface area contributed by atoms with Gasteiger partial charge in [0.15, 0.2) is 0 Å². The molecule has 0 spiro atoms. The van der Waals surface area contributed by atoms with Crippen LogP contribution in [0.1, 0.15) is 12.6 Å². The van der Waals surface area contributed by atoms with Crippen LogP contribution in [0.25, 0.3) is 0 Å². The van der Waals surface area contributed by atoms with E-state index < -0.39 is 0 Å². The van der Waals surface area contributed by atoms with Gasteiger partial charge in [-0.15, -0.1) is 0 Å². The molecule has 1 aromatic heterocycles. The van der Waals surface area contributed by atoms with Crippen LogP contribution in [-0.4, -0.2) is 9.55 Å². The lowest BCUT2D eigenvalue weighted by atomic mass is 10.3. The molecule has 0 radical (unpaired) electrons. The van der Waals surface area contributed by atoms with E-state index in [1.165, 1.54) is 0 Å². The molecule has 0 aliphatic heterocycles. The minimum atomic E-state index is 0.551. The van der Waals surface area contributed by atoms with Gasteiger partial charge in [-0.3, -0.25) is 0 Å². The lowest BCUT2D eigenvalue weighted by molar-refractivity contribution is 0.295. The Hall–Kier alpha value is -1.29. The van der Waals surface area contributed by atoms with Crippen molar-refractivity contribution in [2.75, 3.05) is 0 Å². The summed E-state index contributed by atoms with van der Waals surface area (Å²) in [5, 5.41) is 0. The van der Waals surface area contributed by atoms with Crippen molar-refractivity contribution in [3.63, 3.8) is 0 Å². The molecule has 16 heavy (non-hydrogen) atoms. The third kappa shape index (κ3) is 2.64. The predicted octanol–water partition coefficient (Wildman–Crippen LogP) is 3.24. The van der Waals surface area contributed by atoms with Crippen molar-refractivity contribution in [1.82, 2.24) is 9.55 Å². The summed E-state index contributed by atoms with van der Waals surface area (Å²) in [5.41, 5.74) is 1.09. The van der Waals surface area contributed by atoms with Crippen molar-refractivity contribution in [2.24, 2.45) is 0 Å². The SMILES string of the molecule is CCn1cncc1COc1ccc(Br)cc1. The third-order valence-corrected chi connectivity index (χ3v) is 2.87. The van der Waals surface area contributed by atoms with Crippen LogP contribution in [0.5, 0.6) is 5.75 Å². The molecule has 3 nitrogen and oxygen atoms in total. The lowest BCUT2D eigenvalue weighted by Crippen LogP contribution is -2.03. The highest BCUT2D eigenvalue weighted by Crippen LogP contribution is 2.17. The Morgan fingerprint density at radius 2 is 2.06 bits per heavy atom. The lowest BCUT2D eigenvalue weighted by Gasteiger charge is -2.07. The molecule has 1 heterocycles. The Morgan fingerprint density at radius 1 is 1.31 bits per heavy atom. The quantitative estimate of drug-likeness (QED) is 0.860. The van der Waals surface area contributed by atoms with Crippen LogP contribution in [0, 0.1) is 0 Å². The molecule has 0 N–H and O–H groups in total. The molecule has 0 amide bonds. The van der Waals surface area contributed by atoms with Crippen LogP contribution < -0.4 is 4.74 Å². The molecule has 0 saturated carbocycles. The monoisotopic (exact) mass is 280 g/mol. The number of aryl methyl sites for hydroxylation is 1. The fourth-order valence-corrected chi connectivity index (χ4v) is 1.71. The van der Waals surface area contributed by atoms with Crippen LogP contribution in [0.3, 0.4) is 0 Å². The highest BCUT2D eigenvalue weighted by molar-refractivity contribution is 9.10. The van der Waals surface area contributed by atoms with E-state index in [-0.39, 0.29) is 0 Å². The number of hydrogen-bond acceptors (Lipinski definition) is 2. The molecular weight excluding hydrogens is 268 g/mol. The summed E-state index contributed by atoms with van der Waals surface area (Å²) in [6.07, 6.45) is 3.66. The first-order valence-corrected chi connectivity index (χ1v) is 5.96. The molecule has 4 heteroatoms. The van der Waals surface area contributed by atoms with Gasteiger partial charge in [-0.1, -0.05) is 15.9 Å². The Balaban J connectivity index is 1.99. The van der Waals surface area contributed by atoms with Gasteiger partial charge in [0.2, 0.25) is 0 Å². The highest BCUT2D eigenvalue weighted by Gasteiger charge is 2.01. The maximum absolute atomic E-state index is 5.67. The Bertz CT molecular complexity index is 450. The van der Waals surface area contributed by atoms with Crippen molar-refractivity contribution in [2.45, 2.75) is 20.1 Å².